The summed E-state index contributed by atoms with van der Waals surface area (Å²) in [5.74, 6) is -1.90. The largest absolute Gasteiger partial charge is 0.460 e. The van der Waals surface area contributed by atoms with Crippen LogP contribution in [0.2, 0.25) is 0 Å². The Hall–Kier alpha value is -4.15. The Bertz CT molecular complexity index is 1570. The standard InChI is InChI=1S/C37H51F6N7O4/c1-35(2,3)54-32(52)8-6-7-31(51)44-17-13-25-15-19-49(20-16-25)29-22-30(47-34(46-29)37(41,42)43)50-23-27(48(4)5)21-28(50)33(53)45-18-14-24-9-11-26(12-10-24)36(38,39)40/h9-12,22,25,27-28H,6-8,13-21,23H2,1-5H3,(H,44,51)(H,45,53)/t27-,28+/m1/s1. The van der Waals surface area contributed by atoms with Gasteiger partial charge in [0.15, 0.2) is 0 Å². The van der Waals surface area contributed by atoms with Crippen molar-refractivity contribution in [1.82, 2.24) is 25.5 Å². The summed E-state index contributed by atoms with van der Waals surface area (Å²) in [6, 6.07) is 5.14. The Balaban J connectivity index is 1.35. The fraction of sp³-hybridized carbons (Fsp3) is 0.649. The molecule has 2 fully saturated rings. The summed E-state index contributed by atoms with van der Waals surface area (Å²) in [5.41, 5.74) is -0.762. The quantitative estimate of drug-likeness (QED) is 0.187. The van der Waals surface area contributed by atoms with Crippen molar-refractivity contribution in [3.63, 3.8) is 0 Å². The van der Waals surface area contributed by atoms with Crippen molar-refractivity contribution in [2.45, 2.75) is 102 Å². The SMILES string of the molecule is CN(C)[C@@H]1C[C@@H](C(=O)NCCc2ccc(C(F)(F)F)cc2)N(c2cc(N3CCC(CCNC(=O)CCCC(=O)OC(C)(C)C)CC3)nc(C(F)(F)F)n2)C1. The number of ether oxygens (including phenoxy) is 1. The number of aromatic nitrogens is 2. The van der Waals surface area contributed by atoms with Crippen molar-refractivity contribution in [2.75, 3.05) is 56.6 Å². The molecule has 0 radical (unpaired) electrons. The van der Waals surface area contributed by atoms with E-state index in [4.69, 9.17) is 4.74 Å². The molecule has 0 unspecified atom stereocenters. The van der Waals surface area contributed by atoms with E-state index in [0.717, 1.165) is 12.1 Å². The third-order valence-electron chi connectivity index (χ3n) is 9.57. The maximum Gasteiger partial charge on any atom is 0.451 e. The van der Waals surface area contributed by atoms with E-state index < -0.39 is 41.3 Å². The first kappa shape index (κ1) is 42.6. The van der Waals surface area contributed by atoms with Gasteiger partial charge in [-0.1, -0.05) is 12.1 Å². The molecular weight excluding hydrogens is 720 g/mol. The highest BCUT2D eigenvalue weighted by Gasteiger charge is 2.42. The van der Waals surface area contributed by atoms with Crippen LogP contribution in [0.15, 0.2) is 30.3 Å². The molecule has 2 saturated heterocycles. The van der Waals surface area contributed by atoms with Gasteiger partial charge < -0.3 is 30.1 Å². The molecule has 0 spiro atoms. The second-order valence-electron chi connectivity index (χ2n) is 15.2. The predicted octanol–water partition coefficient (Wildman–Crippen LogP) is 5.62. The number of alkyl halides is 6. The number of likely N-dealkylation sites (N-methyl/N-ethyl adjacent to an activating group) is 1. The van der Waals surface area contributed by atoms with Crippen molar-refractivity contribution >= 4 is 29.4 Å². The highest BCUT2D eigenvalue weighted by molar-refractivity contribution is 5.86. The van der Waals surface area contributed by atoms with E-state index in [-0.39, 0.29) is 67.8 Å². The maximum atomic E-state index is 14.2. The summed E-state index contributed by atoms with van der Waals surface area (Å²) >= 11 is 0. The minimum atomic E-state index is -4.84. The zero-order chi connectivity index (χ0) is 39.8. The van der Waals surface area contributed by atoms with E-state index >= 15 is 0 Å². The third-order valence-corrected chi connectivity index (χ3v) is 9.57. The number of hydrogen-bond donors (Lipinski definition) is 2. The molecule has 300 valence electrons. The molecule has 17 heteroatoms. The van der Waals surface area contributed by atoms with Gasteiger partial charge in [-0.05, 0) is 97.0 Å². The molecule has 4 rings (SSSR count). The van der Waals surface area contributed by atoms with Crippen LogP contribution in [-0.2, 0) is 37.9 Å². The second kappa shape index (κ2) is 18.0. The van der Waals surface area contributed by atoms with Gasteiger partial charge in [-0.25, -0.2) is 9.97 Å². The summed E-state index contributed by atoms with van der Waals surface area (Å²) in [4.78, 5) is 50.7. The molecule has 1 aromatic carbocycles. The summed E-state index contributed by atoms with van der Waals surface area (Å²) in [7, 11) is 3.64. The van der Waals surface area contributed by atoms with Crippen LogP contribution >= 0.6 is 0 Å². The predicted molar refractivity (Wildman–Crippen MR) is 191 cm³/mol. The van der Waals surface area contributed by atoms with Crippen molar-refractivity contribution in [3.8, 4) is 0 Å². The topological polar surface area (TPSA) is 120 Å². The molecule has 0 saturated carbocycles. The molecule has 2 amide bonds. The monoisotopic (exact) mass is 771 g/mol. The van der Waals surface area contributed by atoms with Crippen molar-refractivity contribution < 1.29 is 45.5 Å². The lowest BCUT2D eigenvalue weighted by atomic mass is 9.93. The van der Waals surface area contributed by atoms with Gasteiger partial charge in [0, 0.05) is 57.7 Å². The molecular formula is C37H51F6N7O4. The van der Waals surface area contributed by atoms with E-state index in [0.29, 0.717) is 57.3 Å². The first-order chi connectivity index (χ1) is 25.2. The number of piperidine rings is 1. The van der Waals surface area contributed by atoms with E-state index in [2.05, 4.69) is 20.6 Å². The molecule has 2 aliphatic heterocycles. The third kappa shape index (κ3) is 12.7. The van der Waals surface area contributed by atoms with Crippen LogP contribution in [0.4, 0.5) is 38.0 Å². The number of amides is 2. The highest BCUT2D eigenvalue weighted by Crippen LogP contribution is 2.35. The van der Waals surface area contributed by atoms with Gasteiger partial charge in [0.2, 0.25) is 17.6 Å². The number of carbonyl (C=O) groups is 3. The smallest absolute Gasteiger partial charge is 0.451 e. The summed E-state index contributed by atoms with van der Waals surface area (Å²) in [6.07, 6.45) is -5.93. The van der Waals surface area contributed by atoms with Crippen LogP contribution in [0.5, 0.6) is 0 Å². The van der Waals surface area contributed by atoms with Gasteiger partial charge >= 0.3 is 18.3 Å². The van der Waals surface area contributed by atoms with Crippen LogP contribution in [0, 0.1) is 5.92 Å². The Kier molecular flexibility index (Phi) is 14.2. The number of nitrogens with one attached hydrogen (secondary N) is 2. The van der Waals surface area contributed by atoms with Crippen LogP contribution < -0.4 is 20.4 Å². The zero-order valence-corrected chi connectivity index (χ0v) is 31.4. The Morgan fingerprint density at radius 2 is 1.54 bits per heavy atom. The van der Waals surface area contributed by atoms with Gasteiger partial charge in [0.1, 0.15) is 23.3 Å². The number of esters is 1. The Morgan fingerprint density at radius 1 is 0.889 bits per heavy atom. The normalized spacial score (nSPS) is 18.6. The second-order valence-corrected chi connectivity index (χ2v) is 15.2. The molecule has 0 bridgehead atoms. The number of carbonyl (C=O) groups excluding carboxylic acids is 3. The van der Waals surface area contributed by atoms with E-state index in [1.165, 1.54) is 18.2 Å². The number of nitrogens with zero attached hydrogens (tertiary/aromatic N) is 5. The lowest BCUT2D eigenvalue weighted by molar-refractivity contribution is -0.155. The first-order valence-electron chi connectivity index (χ1n) is 18.3. The summed E-state index contributed by atoms with van der Waals surface area (Å²) in [6.45, 7) is 7.03. The average Bonchev–Trinajstić information content (AvgIpc) is 3.54. The van der Waals surface area contributed by atoms with E-state index in [1.807, 2.05) is 19.0 Å². The van der Waals surface area contributed by atoms with Crippen molar-refractivity contribution in [3.05, 3.63) is 47.3 Å². The van der Waals surface area contributed by atoms with Gasteiger partial charge in [0.25, 0.3) is 0 Å². The molecule has 3 heterocycles. The average molecular weight is 772 g/mol. The molecule has 11 nitrogen and oxygen atoms in total. The van der Waals surface area contributed by atoms with Crippen molar-refractivity contribution in [1.29, 1.82) is 0 Å². The Labute approximate surface area is 312 Å². The number of rotatable bonds is 14. The van der Waals surface area contributed by atoms with Gasteiger partial charge in [-0.2, -0.15) is 26.3 Å². The summed E-state index contributed by atoms with van der Waals surface area (Å²) < 4.78 is 86.5. The van der Waals surface area contributed by atoms with Gasteiger partial charge in [-0.15, -0.1) is 0 Å². The number of benzene rings is 1. The van der Waals surface area contributed by atoms with Crippen LogP contribution in [0.1, 0.15) is 82.7 Å². The van der Waals surface area contributed by atoms with E-state index in [1.54, 1.807) is 30.6 Å². The van der Waals surface area contributed by atoms with Gasteiger partial charge in [0.05, 0.1) is 5.56 Å². The fourth-order valence-corrected chi connectivity index (χ4v) is 6.60. The molecule has 0 aliphatic carbocycles. The van der Waals surface area contributed by atoms with Gasteiger partial charge in [-0.3, -0.25) is 14.4 Å². The molecule has 1 aromatic heterocycles. The minimum Gasteiger partial charge on any atom is -0.460 e. The number of halogens is 6. The van der Waals surface area contributed by atoms with Crippen LogP contribution in [0.3, 0.4) is 0 Å². The van der Waals surface area contributed by atoms with Crippen molar-refractivity contribution in [2.24, 2.45) is 5.92 Å². The molecule has 54 heavy (non-hydrogen) atoms. The molecule has 2 aromatic rings. The zero-order valence-electron chi connectivity index (χ0n) is 31.4. The first-order valence-corrected chi connectivity index (χ1v) is 18.3. The van der Waals surface area contributed by atoms with E-state index in [9.17, 15) is 40.7 Å². The molecule has 2 N–H and O–H groups in total. The lowest BCUT2D eigenvalue weighted by Gasteiger charge is -2.34. The lowest BCUT2D eigenvalue weighted by Crippen LogP contribution is -2.44. The Morgan fingerprint density at radius 3 is 2.13 bits per heavy atom. The molecule has 2 atom stereocenters. The number of hydrogen-bond acceptors (Lipinski definition) is 9. The summed E-state index contributed by atoms with van der Waals surface area (Å²) in [5, 5.41) is 5.69. The fourth-order valence-electron chi connectivity index (χ4n) is 6.60. The number of anilines is 2. The minimum absolute atomic E-state index is 0.0175. The van der Waals surface area contributed by atoms with Crippen LogP contribution in [-0.4, -0.2) is 97.2 Å². The van der Waals surface area contributed by atoms with Crippen LogP contribution in [0.25, 0.3) is 0 Å². The highest BCUT2D eigenvalue weighted by atomic mass is 19.4. The molecule has 2 aliphatic rings. The maximum absolute atomic E-state index is 14.2.